The van der Waals surface area contributed by atoms with E-state index in [0.29, 0.717) is 0 Å². The van der Waals surface area contributed by atoms with E-state index in [4.69, 9.17) is 0 Å². The zero-order chi connectivity index (χ0) is 21.9. The summed E-state index contributed by atoms with van der Waals surface area (Å²) in [7, 11) is 0. The molecule has 0 saturated heterocycles. The fraction of sp³-hybridized carbons (Fsp3) is 0.786. The molecule has 2 atom stereocenters. The molecule has 0 radical (unpaired) electrons. The van der Waals surface area contributed by atoms with Crippen LogP contribution in [0.1, 0.15) is 129 Å². The van der Waals surface area contributed by atoms with E-state index in [-0.39, 0.29) is 0 Å². The molecular weight excluding hydrogens is 336 g/mol. The molecule has 0 spiro atoms. The molecule has 2 unspecified atom stereocenters. The Hall–Kier alpha value is -0.780. The SMILES string of the molecule is CC.CC.CCCCC(CC)Cc1cc(C)c(CC(CC)CCCC)cc1C. The number of hydrogen-bond acceptors (Lipinski definition) is 0. The van der Waals surface area contributed by atoms with Gasteiger partial charge >= 0.3 is 0 Å². The van der Waals surface area contributed by atoms with Gasteiger partial charge in [-0.3, -0.25) is 0 Å². The number of unbranched alkanes of at least 4 members (excludes halogenated alkanes) is 2. The molecule has 0 aliphatic carbocycles. The Bertz CT molecular complexity index is 414. The largest absolute Gasteiger partial charge is 0.0683 e. The van der Waals surface area contributed by atoms with Crippen LogP contribution < -0.4 is 0 Å². The van der Waals surface area contributed by atoms with Gasteiger partial charge in [-0.2, -0.15) is 0 Å². The molecule has 166 valence electrons. The van der Waals surface area contributed by atoms with Crippen LogP contribution in [-0.4, -0.2) is 0 Å². The minimum Gasteiger partial charge on any atom is -0.0683 e. The minimum absolute atomic E-state index is 0.863. The number of hydrogen-bond donors (Lipinski definition) is 0. The molecule has 0 aliphatic rings. The van der Waals surface area contributed by atoms with E-state index in [1.54, 1.807) is 11.1 Å². The second-order valence-corrected chi connectivity index (χ2v) is 7.95. The molecule has 0 N–H and O–H groups in total. The van der Waals surface area contributed by atoms with E-state index in [1.165, 1.54) is 75.3 Å². The van der Waals surface area contributed by atoms with Crippen molar-refractivity contribution in [1.82, 2.24) is 0 Å². The molecule has 0 heterocycles. The van der Waals surface area contributed by atoms with E-state index >= 15 is 0 Å². The van der Waals surface area contributed by atoms with Crippen molar-refractivity contribution >= 4 is 0 Å². The average Bonchev–Trinajstić information content (AvgIpc) is 2.74. The zero-order valence-electron chi connectivity index (χ0n) is 21.4. The molecule has 0 saturated carbocycles. The van der Waals surface area contributed by atoms with E-state index < -0.39 is 0 Å². The molecule has 28 heavy (non-hydrogen) atoms. The summed E-state index contributed by atoms with van der Waals surface area (Å²) in [6.07, 6.45) is 13.4. The lowest BCUT2D eigenvalue weighted by Crippen LogP contribution is -2.08. The third kappa shape index (κ3) is 11.9. The van der Waals surface area contributed by atoms with Gasteiger partial charge in [-0.15, -0.1) is 0 Å². The van der Waals surface area contributed by atoms with Crippen LogP contribution in [0, 0.1) is 25.7 Å². The number of benzene rings is 1. The molecule has 0 aromatic heterocycles. The number of rotatable bonds is 12. The van der Waals surface area contributed by atoms with Gasteiger partial charge in [0.05, 0.1) is 0 Å². The lowest BCUT2D eigenvalue weighted by molar-refractivity contribution is 0.445. The molecule has 0 nitrogen and oxygen atoms in total. The summed E-state index contributed by atoms with van der Waals surface area (Å²) < 4.78 is 0. The van der Waals surface area contributed by atoms with Gasteiger partial charge in [0.1, 0.15) is 0 Å². The van der Waals surface area contributed by atoms with Crippen LogP contribution in [-0.2, 0) is 12.8 Å². The summed E-state index contributed by atoms with van der Waals surface area (Å²) in [5.74, 6) is 1.73. The van der Waals surface area contributed by atoms with Gasteiger partial charge in [0.25, 0.3) is 0 Å². The topological polar surface area (TPSA) is 0 Å². The summed E-state index contributed by atoms with van der Waals surface area (Å²) in [5.41, 5.74) is 6.24. The first-order chi connectivity index (χ1) is 13.5. The Kier molecular flexibility index (Phi) is 20.5. The van der Waals surface area contributed by atoms with Gasteiger partial charge in [0, 0.05) is 0 Å². The van der Waals surface area contributed by atoms with E-state index in [9.17, 15) is 0 Å². The first-order valence-corrected chi connectivity index (χ1v) is 12.6. The van der Waals surface area contributed by atoms with Gasteiger partial charge in [0.15, 0.2) is 0 Å². The molecule has 1 rings (SSSR count). The van der Waals surface area contributed by atoms with Gasteiger partial charge in [-0.25, -0.2) is 0 Å². The molecule has 0 aliphatic heterocycles. The van der Waals surface area contributed by atoms with Crippen molar-refractivity contribution in [3.05, 3.63) is 34.4 Å². The predicted molar refractivity (Wildman–Crippen MR) is 133 cm³/mol. The van der Waals surface area contributed by atoms with Crippen molar-refractivity contribution < 1.29 is 0 Å². The Balaban J connectivity index is 0. The summed E-state index contributed by atoms with van der Waals surface area (Å²) in [5, 5.41) is 0. The Morgan fingerprint density at radius 2 is 0.929 bits per heavy atom. The average molecular weight is 391 g/mol. The molecule has 1 aromatic rings. The number of aryl methyl sites for hydroxylation is 2. The highest BCUT2D eigenvalue weighted by molar-refractivity contribution is 5.37. The summed E-state index contributed by atoms with van der Waals surface area (Å²) in [6, 6.07) is 5.01. The standard InChI is InChI=1S/C24H42.2C2H6/c1-7-11-13-21(9-3)17-23-15-20(6)24(16-19(23)5)18-22(10-4)14-12-8-2;2*1-2/h15-16,21-22H,7-14,17-18H2,1-6H3;2*1-2H3. The molecular formula is C28H54. The second kappa shape index (κ2) is 19.5. The van der Waals surface area contributed by atoms with Crippen LogP contribution in [0.5, 0.6) is 0 Å². The van der Waals surface area contributed by atoms with Crippen molar-refractivity contribution in [3.63, 3.8) is 0 Å². The normalized spacial score (nSPS) is 12.4. The maximum atomic E-state index is 2.51. The maximum Gasteiger partial charge on any atom is -0.0248 e. The fourth-order valence-corrected chi connectivity index (χ4v) is 3.88. The zero-order valence-corrected chi connectivity index (χ0v) is 21.4. The van der Waals surface area contributed by atoms with Gasteiger partial charge < -0.3 is 0 Å². The monoisotopic (exact) mass is 390 g/mol. The maximum absolute atomic E-state index is 2.51. The van der Waals surface area contributed by atoms with Crippen molar-refractivity contribution in [2.24, 2.45) is 11.8 Å². The second-order valence-electron chi connectivity index (χ2n) is 7.95. The summed E-state index contributed by atoms with van der Waals surface area (Å²) >= 11 is 0. The first-order valence-electron chi connectivity index (χ1n) is 12.6. The van der Waals surface area contributed by atoms with Gasteiger partial charge in [-0.05, 0) is 60.8 Å². The van der Waals surface area contributed by atoms with E-state index in [0.717, 1.165) is 11.8 Å². The first kappa shape index (κ1) is 29.4. The third-order valence-corrected chi connectivity index (χ3v) is 5.90. The van der Waals surface area contributed by atoms with Gasteiger partial charge in [-0.1, -0.05) is 119 Å². The van der Waals surface area contributed by atoms with Crippen LogP contribution in [0.3, 0.4) is 0 Å². The van der Waals surface area contributed by atoms with Gasteiger partial charge in [0.2, 0.25) is 0 Å². The lowest BCUT2D eigenvalue weighted by atomic mass is 9.85. The highest BCUT2D eigenvalue weighted by Crippen LogP contribution is 2.26. The highest BCUT2D eigenvalue weighted by atomic mass is 14.2. The Labute approximate surface area is 179 Å². The summed E-state index contributed by atoms with van der Waals surface area (Å²) in [4.78, 5) is 0. The minimum atomic E-state index is 0.863. The van der Waals surface area contributed by atoms with Crippen molar-refractivity contribution in [3.8, 4) is 0 Å². The molecule has 1 aromatic carbocycles. The molecule has 0 bridgehead atoms. The lowest BCUT2D eigenvalue weighted by Gasteiger charge is -2.20. The Morgan fingerprint density at radius 3 is 1.18 bits per heavy atom. The molecule has 0 heteroatoms. The molecule has 0 amide bonds. The van der Waals surface area contributed by atoms with Crippen LogP contribution in [0.2, 0.25) is 0 Å². The van der Waals surface area contributed by atoms with Crippen LogP contribution >= 0.6 is 0 Å². The van der Waals surface area contributed by atoms with Crippen molar-refractivity contribution in [2.75, 3.05) is 0 Å². The highest BCUT2D eigenvalue weighted by Gasteiger charge is 2.13. The molecule has 0 fully saturated rings. The van der Waals surface area contributed by atoms with Crippen LogP contribution in [0.15, 0.2) is 12.1 Å². The van der Waals surface area contributed by atoms with E-state index in [1.807, 2.05) is 27.7 Å². The smallest absolute Gasteiger partial charge is 0.0248 e. The summed E-state index contributed by atoms with van der Waals surface area (Å²) in [6.45, 7) is 22.0. The van der Waals surface area contributed by atoms with Crippen LogP contribution in [0.25, 0.3) is 0 Å². The Morgan fingerprint density at radius 1 is 0.607 bits per heavy atom. The van der Waals surface area contributed by atoms with Crippen LogP contribution in [0.4, 0.5) is 0 Å². The predicted octanol–water partition coefficient (Wildman–Crippen LogP) is 9.87. The fourth-order valence-electron chi connectivity index (χ4n) is 3.88. The third-order valence-electron chi connectivity index (χ3n) is 5.90. The van der Waals surface area contributed by atoms with Crippen molar-refractivity contribution in [1.29, 1.82) is 0 Å². The van der Waals surface area contributed by atoms with E-state index in [2.05, 4.69) is 53.7 Å². The van der Waals surface area contributed by atoms with Crippen molar-refractivity contribution in [2.45, 2.75) is 133 Å². The quantitative estimate of drug-likeness (QED) is 0.333.